The summed E-state index contributed by atoms with van der Waals surface area (Å²) in [5.41, 5.74) is 3.51. The van der Waals surface area contributed by atoms with Crippen molar-refractivity contribution in [1.82, 2.24) is 9.88 Å². The number of fused-ring (bicyclic) bond motifs is 3. The lowest BCUT2D eigenvalue weighted by Gasteiger charge is -2.08. The molecule has 0 aliphatic carbocycles. The number of carbonyl (C=O) groups is 1. The van der Waals surface area contributed by atoms with Crippen LogP contribution in [0, 0.1) is 0 Å². The SMILES string of the molecule is CCn1c2ccccc2c2cc(/C=C\C(=O)NC[C@@H]3CCCO3)ccc21. The van der Waals surface area contributed by atoms with Crippen LogP contribution >= 0.6 is 0 Å². The van der Waals surface area contributed by atoms with Crippen LogP contribution in [0.15, 0.2) is 48.5 Å². The molecule has 0 radical (unpaired) electrons. The number of nitrogens with one attached hydrogen (secondary N) is 1. The number of nitrogens with zero attached hydrogens (tertiary/aromatic N) is 1. The molecule has 0 spiro atoms. The monoisotopic (exact) mass is 348 g/mol. The molecule has 1 aliphatic heterocycles. The number of rotatable bonds is 5. The normalized spacial score (nSPS) is 17.5. The van der Waals surface area contributed by atoms with Crippen molar-refractivity contribution >= 4 is 33.8 Å². The van der Waals surface area contributed by atoms with Crippen LogP contribution in [0.25, 0.3) is 27.9 Å². The molecule has 4 rings (SSSR count). The van der Waals surface area contributed by atoms with E-state index < -0.39 is 0 Å². The van der Waals surface area contributed by atoms with Crippen molar-refractivity contribution in [3.8, 4) is 0 Å². The fraction of sp³-hybridized carbons (Fsp3) is 0.318. The first kappa shape index (κ1) is 16.9. The van der Waals surface area contributed by atoms with E-state index in [1.165, 1.54) is 21.8 Å². The Bertz CT molecular complexity index is 965. The van der Waals surface area contributed by atoms with Gasteiger partial charge in [0.05, 0.1) is 6.10 Å². The number of hydrogen-bond donors (Lipinski definition) is 1. The molecule has 1 fully saturated rings. The maximum Gasteiger partial charge on any atom is 0.244 e. The number of aryl methyl sites for hydroxylation is 1. The third-order valence-electron chi connectivity index (χ3n) is 5.07. The van der Waals surface area contributed by atoms with Crippen molar-refractivity contribution in [1.29, 1.82) is 0 Å². The molecule has 1 aliphatic rings. The summed E-state index contributed by atoms with van der Waals surface area (Å²) in [5, 5.41) is 5.40. The van der Waals surface area contributed by atoms with E-state index in [1.54, 1.807) is 6.08 Å². The van der Waals surface area contributed by atoms with Crippen LogP contribution in [-0.4, -0.2) is 29.7 Å². The van der Waals surface area contributed by atoms with E-state index in [2.05, 4.69) is 59.3 Å². The molecule has 1 atom stereocenters. The Morgan fingerprint density at radius 3 is 2.88 bits per heavy atom. The third kappa shape index (κ3) is 3.25. The van der Waals surface area contributed by atoms with Gasteiger partial charge in [-0.3, -0.25) is 4.79 Å². The Kier molecular flexibility index (Phi) is 4.76. The number of carbonyl (C=O) groups excluding carboxylic acids is 1. The number of benzene rings is 2. The van der Waals surface area contributed by atoms with E-state index in [0.717, 1.165) is 31.6 Å². The predicted molar refractivity (Wildman–Crippen MR) is 106 cm³/mol. The van der Waals surface area contributed by atoms with Crippen molar-refractivity contribution in [2.75, 3.05) is 13.2 Å². The highest BCUT2D eigenvalue weighted by molar-refractivity contribution is 6.08. The third-order valence-corrected chi connectivity index (χ3v) is 5.07. The van der Waals surface area contributed by atoms with Crippen LogP contribution < -0.4 is 5.32 Å². The summed E-state index contributed by atoms with van der Waals surface area (Å²) in [4.78, 5) is 12.0. The summed E-state index contributed by atoms with van der Waals surface area (Å²) in [6.45, 7) is 4.50. The summed E-state index contributed by atoms with van der Waals surface area (Å²) in [7, 11) is 0. The lowest BCUT2D eigenvalue weighted by Crippen LogP contribution is -2.30. The number of para-hydroxylation sites is 1. The van der Waals surface area contributed by atoms with Gasteiger partial charge in [0.1, 0.15) is 0 Å². The van der Waals surface area contributed by atoms with Gasteiger partial charge in [0.2, 0.25) is 5.91 Å². The fourth-order valence-corrected chi connectivity index (χ4v) is 3.77. The Morgan fingerprint density at radius 2 is 2.08 bits per heavy atom. The molecule has 26 heavy (non-hydrogen) atoms. The van der Waals surface area contributed by atoms with Crippen molar-refractivity contribution in [2.24, 2.45) is 0 Å². The van der Waals surface area contributed by atoms with Crippen molar-refractivity contribution < 1.29 is 9.53 Å². The first-order valence-corrected chi connectivity index (χ1v) is 9.35. The van der Waals surface area contributed by atoms with Gasteiger partial charge in [-0.15, -0.1) is 0 Å². The summed E-state index contributed by atoms with van der Waals surface area (Å²) in [6.07, 6.45) is 5.77. The van der Waals surface area contributed by atoms with Crippen molar-refractivity contribution in [3.05, 3.63) is 54.1 Å². The lowest BCUT2D eigenvalue weighted by molar-refractivity contribution is -0.116. The van der Waals surface area contributed by atoms with Gasteiger partial charge in [-0.05, 0) is 49.6 Å². The number of hydrogen-bond acceptors (Lipinski definition) is 2. The van der Waals surface area contributed by atoms with E-state index in [-0.39, 0.29) is 12.0 Å². The van der Waals surface area contributed by atoms with Crippen LogP contribution in [0.4, 0.5) is 0 Å². The fourth-order valence-electron chi connectivity index (χ4n) is 3.77. The summed E-state index contributed by atoms with van der Waals surface area (Å²) in [6, 6.07) is 14.8. The highest BCUT2D eigenvalue weighted by atomic mass is 16.5. The first-order chi connectivity index (χ1) is 12.8. The van der Waals surface area contributed by atoms with Gasteiger partial charge in [0.15, 0.2) is 0 Å². The smallest absolute Gasteiger partial charge is 0.244 e. The number of amides is 1. The molecule has 2 heterocycles. The second-order valence-electron chi connectivity index (χ2n) is 6.75. The molecule has 0 saturated carbocycles. The second-order valence-corrected chi connectivity index (χ2v) is 6.75. The average molecular weight is 348 g/mol. The van der Waals surface area contributed by atoms with E-state index in [1.807, 2.05) is 6.08 Å². The number of ether oxygens (including phenoxy) is 1. The zero-order valence-corrected chi connectivity index (χ0v) is 15.1. The average Bonchev–Trinajstić information content (AvgIpc) is 3.30. The van der Waals surface area contributed by atoms with E-state index >= 15 is 0 Å². The van der Waals surface area contributed by atoms with Gasteiger partial charge < -0.3 is 14.6 Å². The maximum absolute atomic E-state index is 12.0. The molecule has 4 heteroatoms. The second kappa shape index (κ2) is 7.34. The molecule has 2 aromatic carbocycles. The molecule has 1 amide bonds. The van der Waals surface area contributed by atoms with Gasteiger partial charge in [-0.25, -0.2) is 0 Å². The Morgan fingerprint density at radius 1 is 1.23 bits per heavy atom. The van der Waals surface area contributed by atoms with Gasteiger partial charge in [-0.1, -0.05) is 24.3 Å². The minimum atomic E-state index is -0.0726. The minimum absolute atomic E-state index is 0.0726. The topological polar surface area (TPSA) is 43.3 Å². The molecule has 1 saturated heterocycles. The van der Waals surface area contributed by atoms with Gasteiger partial charge in [0, 0.05) is 47.6 Å². The van der Waals surface area contributed by atoms with E-state index in [4.69, 9.17) is 4.74 Å². The van der Waals surface area contributed by atoms with Crippen molar-refractivity contribution in [3.63, 3.8) is 0 Å². The Labute approximate surface area is 153 Å². The maximum atomic E-state index is 12.0. The minimum Gasteiger partial charge on any atom is -0.376 e. The quantitative estimate of drug-likeness (QED) is 0.705. The number of aromatic nitrogens is 1. The molecule has 1 aromatic heterocycles. The highest BCUT2D eigenvalue weighted by Gasteiger charge is 2.15. The largest absolute Gasteiger partial charge is 0.376 e. The van der Waals surface area contributed by atoms with Gasteiger partial charge >= 0.3 is 0 Å². The zero-order chi connectivity index (χ0) is 17.9. The van der Waals surface area contributed by atoms with Crippen LogP contribution in [0.5, 0.6) is 0 Å². The predicted octanol–water partition coefficient (Wildman–Crippen LogP) is 4.12. The zero-order valence-electron chi connectivity index (χ0n) is 15.1. The van der Waals surface area contributed by atoms with Gasteiger partial charge in [0.25, 0.3) is 0 Å². The van der Waals surface area contributed by atoms with Gasteiger partial charge in [-0.2, -0.15) is 0 Å². The summed E-state index contributed by atoms with van der Waals surface area (Å²) < 4.78 is 7.85. The molecule has 0 bridgehead atoms. The standard InChI is InChI=1S/C22H24N2O2/c1-2-24-20-8-4-3-7-18(20)19-14-16(9-11-21(19)24)10-12-22(25)23-15-17-6-5-13-26-17/h3-4,7-12,14,17H,2,5-6,13,15H2,1H3,(H,23,25)/b12-10-/t17-/m0/s1. The molecular formula is C22H24N2O2. The van der Waals surface area contributed by atoms with Crippen LogP contribution in [0.2, 0.25) is 0 Å². The van der Waals surface area contributed by atoms with Crippen LogP contribution in [0.3, 0.4) is 0 Å². The summed E-state index contributed by atoms with van der Waals surface area (Å²) >= 11 is 0. The van der Waals surface area contributed by atoms with Crippen molar-refractivity contribution in [2.45, 2.75) is 32.4 Å². The molecule has 3 aromatic rings. The summed E-state index contributed by atoms with van der Waals surface area (Å²) in [5.74, 6) is -0.0726. The molecule has 4 nitrogen and oxygen atoms in total. The van der Waals surface area contributed by atoms with E-state index in [0.29, 0.717) is 6.54 Å². The highest BCUT2D eigenvalue weighted by Crippen LogP contribution is 2.29. The molecule has 134 valence electrons. The molecule has 1 N–H and O–H groups in total. The van der Waals surface area contributed by atoms with Crippen LogP contribution in [-0.2, 0) is 16.1 Å². The lowest BCUT2D eigenvalue weighted by atomic mass is 10.1. The Balaban J connectivity index is 1.55. The van der Waals surface area contributed by atoms with E-state index in [9.17, 15) is 4.79 Å². The first-order valence-electron chi connectivity index (χ1n) is 9.35. The molecular weight excluding hydrogens is 324 g/mol. The Hall–Kier alpha value is -2.59. The molecule has 0 unspecified atom stereocenters. The van der Waals surface area contributed by atoms with Crippen LogP contribution in [0.1, 0.15) is 25.3 Å².